The van der Waals surface area contributed by atoms with E-state index in [-0.39, 0.29) is 18.5 Å². The van der Waals surface area contributed by atoms with Gasteiger partial charge in [0, 0.05) is 0 Å². The zero-order valence-corrected chi connectivity index (χ0v) is 12.6. The van der Waals surface area contributed by atoms with Crippen LogP contribution in [0.2, 0.25) is 0 Å². The second kappa shape index (κ2) is 6.14. The molecular formula is C18H17F3O2. The quantitative estimate of drug-likeness (QED) is 0.765. The van der Waals surface area contributed by atoms with Gasteiger partial charge in [0.15, 0.2) is 0 Å². The van der Waals surface area contributed by atoms with Crippen LogP contribution in [0.3, 0.4) is 0 Å². The van der Waals surface area contributed by atoms with Crippen LogP contribution in [0, 0.1) is 5.92 Å². The fourth-order valence-electron chi connectivity index (χ4n) is 2.26. The summed E-state index contributed by atoms with van der Waals surface area (Å²) in [4.78, 5) is 0. The Bertz CT molecular complexity index is 682. The Labute approximate surface area is 132 Å². The molecule has 1 fully saturated rings. The minimum atomic E-state index is -4.37. The van der Waals surface area contributed by atoms with Crippen molar-refractivity contribution in [3.05, 3.63) is 59.7 Å². The lowest BCUT2D eigenvalue weighted by Gasteiger charge is -2.11. The Balaban J connectivity index is 1.63. The summed E-state index contributed by atoms with van der Waals surface area (Å²) in [6.07, 6.45) is -3.03. The Hall–Kier alpha value is -2.17. The topological polar surface area (TPSA) is 18.5 Å². The van der Waals surface area contributed by atoms with E-state index in [1.807, 2.05) is 24.3 Å². The van der Waals surface area contributed by atoms with Gasteiger partial charge < -0.3 is 9.47 Å². The van der Waals surface area contributed by atoms with Gasteiger partial charge in [0.05, 0.1) is 5.56 Å². The Kier molecular flexibility index (Phi) is 4.20. The van der Waals surface area contributed by atoms with E-state index in [4.69, 9.17) is 9.47 Å². The molecule has 2 aromatic carbocycles. The van der Waals surface area contributed by atoms with Gasteiger partial charge >= 0.3 is 6.18 Å². The smallest absolute Gasteiger partial charge is 0.416 e. The molecular weight excluding hydrogens is 305 g/mol. The standard InChI is InChI=1S/C18H17F3O2/c1-12-8-17(12)23-16-7-2-4-13(9-16)11-22-15-6-3-5-14(10-15)18(19,20)21/h2-7,9-10,12,17H,8,11H2,1H3/t12?,17-/m1/s1. The van der Waals surface area contributed by atoms with E-state index < -0.39 is 11.7 Å². The third kappa shape index (κ3) is 4.18. The first-order valence-electron chi connectivity index (χ1n) is 7.47. The second-order valence-electron chi connectivity index (χ2n) is 5.83. The van der Waals surface area contributed by atoms with Crippen molar-refractivity contribution in [3.8, 4) is 11.5 Å². The number of hydrogen-bond acceptors (Lipinski definition) is 2. The van der Waals surface area contributed by atoms with E-state index in [1.54, 1.807) is 0 Å². The van der Waals surface area contributed by atoms with E-state index >= 15 is 0 Å². The second-order valence-corrected chi connectivity index (χ2v) is 5.83. The van der Waals surface area contributed by atoms with Gasteiger partial charge in [0.1, 0.15) is 24.2 Å². The lowest BCUT2D eigenvalue weighted by molar-refractivity contribution is -0.137. The minimum Gasteiger partial charge on any atom is -0.490 e. The van der Waals surface area contributed by atoms with Gasteiger partial charge in [-0.15, -0.1) is 0 Å². The van der Waals surface area contributed by atoms with Gasteiger partial charge in [-0.2, -0.15) is 13.2 Å². The highest BCUT2D eigenvalue weighted by Gasteiger charge is 2.35. The van der Waals surface area contributed by atoms with Crippen molar-refractivity contribution >= 4 is 0 Å². The first-order valence-corrected chi connectivity index (χ1v) is 7.47. The predicted molar refractivity (Wildman–Crippen MR) is 80.4 cm³/mol. The summed E-state index contributed by atoms with van der Waals surface area (Å²) in [5.41, 5.74) is 0.142. The molecule has 122 valence electrons. The van der Waals surface area contributed by atoms with Crippen LogP contribution in [0.25, 0.3) is 0 Å². The fourth-order valence-corrected chi connectivity index (χ4v) is 2.26. The largest absolute Gasteiger partial charge is 0.490 e. The summed E-state index contributed by atoms with van der Waals surface area (Å²) in [7, 11) is 0. The Morgan fingerprint density at radius 3 is 2.43 bits per heavy atom. The molecule has 0 heterocycles. The van der Waals surface area contributed by atoms with E-state index in [9.17, 15) is 13.2 Å². The zero-order valence-electron chi connectivity index (χ0n) is 12.6. The SMILES string of the molecule is CC1C[C@H]1Oc1cccc(COc2cccc(C(F)(F)F)c2)c1. The van der Waals surface area contributed by atoms with Gasteiger partial charge in [-0.05, 0) is 48.2 Å². The molecule has 0 N–H and O–H groups in total. The number of halogens is 3. The van der Waals surface area contributed by atoms with Gasteiger partial charge in [-0.3, -0.25) is 0 Å². The highest BCUT2D eigenvalue weighted by Crippen LogP contribution is 2.34. The van der Waals surface area contributed by atoms with Gasteiger partial charge in [-0.1, -0.05) is 25.1 Å². The number of rotatable bonds is 5. The molecule has 2 aromatic rings. The van der Waals surface area contributed by atoms with Gasteiger partial charge in [0.2, 0.25) is 0 Å². The highest BCUT2D eigenvalue weighted by atomic mass is 19.4. The van der Waals surface area contributed by atoms with Crippen molar-refractivity contribution in [2.24, 2.45) is 5.92 Å². The number of benzene rings is 2. The van der Waals surface area contributed by atoms with Crippen LogP contribution in [0.4, 0.5) is 13.2 Å². The van der Waals surface area contributed by atoms with Crippen LogP contribution < -0.4 is 9.47 Å². The summed E-state index contributed by atoms with van der Waals surface area (Å²) in [6.45, 7) is 2.32. The minimum absolute atomic E-state index is 0.193. The van der Waals surface area contributed by atoms with E-state index in [1.165, 1.54) is 12.1 Å². The number of alkyl halides is 3. The molecule has 1 aliphatic rings. The molecule has 0 aromatic heterocycles. The molecule has 0 saturated heterocycles. The van der Waals surface area contributed by atoms with Crippen molar-refractivity contribution in [1.82, 2.24) is 0 Å². The molecule has 0 aliphatic heterocycles. The van der Waals surface area contributed by atoms with Crippen LogP contribution in [0.5, 0.6) is 11.5 Å². The average Bonchev–Trinajstić information content (AvgIpc) is 3.20. The Morgan fingerprint density at radius 1 is 1.04 bits per heavy atom. The monoisotopic (exact) mass is 322 g/mol. The van der Waals surface area contributed by atoms with E-state index in [2.05, 4.69) is 6.92 Å². The van der Waals surface area contributed by atoms with Crippen LogP contribution in [-0.4, -0.2) is 6.10 Å². The van der Waals surface area contributed by atoms with Crippen molar-refractivity contribution in [1.29, 1.82) is 0 Å². The third-order valence-electron chi connectivity index (χ3n) is 3.79. The molecule has 3 rings (SSSR count). The van der Waals surface area contributed by atoms with Crippen LogP contribution in [0.1, 0.15) is 24.5 Å². The first-order chi connectivity index (χ1) is 10.9. The lowest BCUT2D eigenvalue weighted by atomic mass is 10.2. The highest BCUT2D eigenvalue weighted by molar-refractivity contribution is 5.32. The van der Waals surface area contributed by atoms with Gasteiger partial charge in [-0.25, -0.2) is 0 Å². The summed E-state index contributed by atoms with van der Waals surface area (Å²) in [6, 6.07) is 12.3. The maximum atomic E-state index is 12.7. The molecule has 0 amide bonds. The van der Waals surface area contributed by atoms with Crippen LogP contribution in [0.15, 0.2) is 48.5 Å². The predicted octanol–water partition coefficient (Wildman–Crippen LogP) is 5.07. The maximum absolute atomic E-state index is 12.7. The number of ether oxygens (including phenoxy) is 2. The molecule has 1 aliphatic carbocycles. The average molecular weight is 322 g/mol. The molecule has 1 saturated carbocycles. The van der Waals surface area contributed by atoms with Crippen LogP contribution in [-0.2, 0) is 12.8 Å². The first kappa shape index (κ1) is 15.7. The Morgan fingerprint density at radius 2 is 1.74 bits per heavy atom. The van der Waals surface area contributed by atoms with Crippen molar-refractivity contribution in [3.63, 3.8) is 0 Å². The lowest BCUT2D eigenvalue weighted by Crippen LogP contribution is -2.05. The van der Waals surface area contributed by atoms with Crippen molar-refractivity contribution < 1.29 is 22.6 Å². The third-order valence-corrected chi connectivity index (χ3v) is 3.79. The summed E-state index contributed by atoms with van der Waals surface area (Å²) >= 11 is 0. The maximum Gasteiger partial charge on any atom is 0.416 e. The van der Waals surface area contributed by atoms with Gasteiger partial charge in [0.25, 0.3) is 0 Å². The molecule has 1 unspecified atom stereocenters. The van der Waals surface area contributed by atoms with Crippen LogP contribution >= 0.6 is 0 Å². The molecule has 2 nitrogen and oxygen atoms in total. The van der Waals surface area contributed by atoms with E-state index in [0.717, 1.165) is 29.9 Å². The normalized spacial score (nSPS) is 20.2. The molecule has 23 heavy (non-hydrogen) atoms. The molecule has 2 atom stereocenters. The molecule has 0 bridgehead atoms. The molecule has 0 spiro atoms. The fraction of sp³-hybridized carbons (Fsp3) is 0.333. The van der Waals surface area contributed by atoms with E-state index in [0.29, 0.717) is 5.92 Å². The van der Waals surface area contributed by atoms with Crippen molar-refractivity contribution in [2.45, 2.75) is 32.2 Å². The number of hydrogen-bond donors (Lipinski definition) is 0. The van der Waals surface area contributed by atoms with Crippen molar-refractivity contribution in [2.75, 3.05) is 0 Å². The molecule has 0 radical (unpaired) electrons. The summed E-state index contributed by atoms with van der Waals surface area (Å²) in [5, 5.41) is 0. The molecule has 5 heteroatoms. The summed E-state index contributed by atoms with van der Waals surface area (Å²) < 4.78 is 49.3. The summed E-state index contributed by atoms with van der Waals surface area (Å²) in [5.74, 6) is 1.55. The zero-order chi connectivity index (χ0) is 16.4.